The van der Waals surface area contributed by atoms with E-state index in [1.54, 1.807) is 18.3 Å². The first kappa shape index (κ1) is 19.7. The van der Waals surface area contributed by atoms with Gasteiger partial charge in [-0.25, -0.2) is 8.78 Å². The number of aliphatic imine (C=N–C) groups is 1. The van der Waals surface area contributed by atoms with Gasteiger partial charge in [0, 0.05) is 17.3 Å². The minimum absolute atomic E-state index is 0.253. The van der Waals surface area contributed by atoms with Crippen LogP contribution in [-0.4, -0.2) is 30.1 Å². The van der Waals surface area contributed by atoms with Crippen LogP contribution in [0.3, 0.4) is 0 Å². The quantitative estimate of drug-likeness (QED) is 0.690. The van der Waals surface area contributed by atoms with E-state index >= 15 is 0 Å². The highest BCUT2D eigenvalue weighted by molar-refractivity contribution is 5.92. The lowest BCUT2D eigenvalue weighted by Gasteiger charge is -2.13. The molecule has 0 bridgehead atoms. The van der Waals surface area contributed by atoms with Crippen LogP contribution in [0.5, 0.6) is 0 Å². The van der Waals surface area contributed by atoms with E-state index in [2.05, 4.69) is 15.3 Å². The van der Waals surface area contributed by atoms with Crippen LogP contribution in [-0.2, 0) is 4.74 Å². The fourth-order valence-electron chi connectivity index (χ4n) is 2.80. The number of fused-ring (bicyclic) bond motifs is 1. The van der Waals surface area contributed by atoms with Gasteiger partial charge in [0.2, 0.25) is 0 Å². The summed E-state index contributed by atoms with van der Waals surface area (Å²) in [5, 5.41) is 3.80. The van der Waals surface area contributed by atoms with Crippen LogP contribution >= 0.6 is 0 Å². The minimum Gasteiger partial charge on any atom is -0.386 e. The smallest absolute Gasteiger partial charge is 0.126 e. The summed E-state index contributed by atoms with van der Waals surface area (Å²) < 4.78 is 31.6. The van der Waals surface area contributed by atoms with Gasteiger partial charge in [0.15, 0.2) is 0 Å². The molecule has 5 nitrogen and oxygen atoms in total. The van der Waals surface area contributed by atoms with Gasteiger partial charge >= 0.3 is 0 Å². The number of aryl methyl sites for hydroxylation is 1. The largest absolute Gasteiger partial charge is 0.386 e. The molecule has 2 heterocycles. The first-order chi connectivity index (χ1) is 13.4. The van der Waals surface area contributed by atoms with E-state index in [1.807, 2.05) is 19.9 Å². The first-order valence-electron chi connectivity index (χ1n) is 8.89. The summed E-state index contributed by atoms with van der Waals surface area (Å²) >= 11 is 0. The predicted octanol–water partition coefficient (Wildman–Crippen LogP) is 4.33. The maximum absolute atomic E-state index is 13.7. The van der Waals surface area contributed by atoms with Gasteiger partial charge in [-0.05, 0) is 61.9 Å². The van der Waals surface area contributed by atoms with Gasteiger partial charge in [-0.2, -0.15) is 0 Å². The number of benzene rings is 2. The summed E-state index contributed by atoms with van der Waals surface area (Å²) in [5.74, 6) is -0.0355. The second kappa shape index (κ2) is 8.75. The highest BCUT2D eigenvalue weighted by atomic mass is 19.1. The fourth-order valence-corrected chi connectivity index (χ4v) is 2.80. The zero-order valence-corrected chi connectivity index (χ0v) is 15.7. The Balaban J connectivity index is 0.000000236. The van der Waals surface area contributed by atoms with Crippen LogP contribution in [0.4, 0.5) is 20.2 Å². The fraction of sp³-hybridized carbons (Fsp3) is 0.238. The molecule has 7 heteroatoms. The summed E-state index contributed by atoms with van der Waals surface area (Å²) in [5.41, 5.74) is 8.24. The summed E-state index contributed by atoms with van der Waals surface area (Å²) in [6.07, 6.45) is 1.73. The van der Waals surface area contributed by atoms with Gasteiger partial charge in [0.05, 0.1) is 23.9 Å². The van der Waals surface area contributed by atoms with Gasteiger partial charge in [-0.15, -0.1) is 0 Å². The van der Waals surface area contributed by atoms with Gasteiger partial charge in [-0.3, -0.25) is 9.98 Å². The van der Waals surface area contributed by atoms with Crippen molar-refractivity contribution in [3.8, 4) is 0 Å². The Kier molecular flexibility index (Phi) is 6.16. The van der Waals surface area contributed by atoms with Crippen molar-refractivity contribution in [1.29, 1.82) is 0 Å². The molecule has 0 saturated carbocycles. The third kappa shape index (κ3) is 5.23. The molecule has 0 radical (unpaired) electrons. The Morgan fingerprint density at radius 3 is 2.50 bits per heavy atom. The summed E-state index contributed by atoms with van der Waals surface area (Å²) in [4.78, 5) is 8.38. The van der Waals surface area contributed by atoms with E-state index < -0.39 is 0 Å². The summed E-state index contributed by atoms with van der Waals surface area (Å²) in [6, 6.07) is 10.9. The van der Waals surface area contributed by atoms with E-state index in [1.165, 1.54) is 24.3 Å². The maximum Gasteiger partial charge on any atom is 0.126 e. The van der Waals surface area contributed by atoms with Crippen molar-refractivity contribution in [1.82, 2.24) is 4.98 Å². The Bertz CT molecular complexity index is 984. The molecule has 0 amide bonds. The van der Waals surface area contributed by atoms with Gasteiger partial charge in [0.25, 0.3) is 0 Å². The van der Waals surface area contributed by atoms with Gasteiger partial charge < -0.3 is 15.8 Å². The van der Waals surface area contributed by atoms with Crippen molar-refractivity contribution < 1.29 is 13.5 Å². The van der Waals surface area contributed by atoms with Gasteiger partial charge in [-0.1, -0.05) is 0 Å². The number of amidine groups is 1. The minimum atomic E-state index is -0.338. The van der Waals surface area contributed by atoms with E-state index in [-0.39, 0.29) is 17.7 Å². The number of hydrogen-bond donors (Lipinski definition) is 2. The Morgan fingerprint density at radius 2 is 1.86 bits per heavy atom. The molecule has 0 spiro atoms. The molecule has 3 N–H and O–H groups in total. The lowest BCUT2D eigenvalue weighted by Crippen LogP contribution is -2.29. The molecule has 1 aromatic heterocycles. The number of pyridine rings is 1. The molecule has 1 unspecified atom stereocenters. The lowest BCUT2D eigenvalue weighted by atomic mass is 10.1. The zero-order chi connectivity index (χ0) is 20.1. The Labute approximate surface area is 162 Å². The molecule has 4 rings (SSSR count). The van der Waals surface area contributed by atoms with Gasteiger partial charge in [0.1, 0.15) is 24.1 Å². The first-order valence-corrected chi connectivity index (χ1v) is 8.89. The topological polar surface area (TPSA) is 72.5 Å². The maximum atomic E-state index is 13.7. The van der Waals surface area contributed by atoms with E-state index in [0.717, 1.165) is 10.9 Å². The lowest BCUT2D eigenvalue weighted by molar-refractivity contribution is 0.148. The number of halogens is 2. The van der Waals surface area contributed by atoms with E-state index in [4.69, 9.17) is 10.5 Å². The van der Waals surface area contributed by atoms with Crippen LogP contribution in [0.25, 0.3) is 10.9 Å². The standard InChI is InChI=1S/C16H12F2N2.C5H10N2O/c1-10-6-11-7-13(18)8-15(16(11)19-9-10)20-14-4-2-12(17)3-5-14;1-4-2-8-3-5(6)7-4/h2-9,20H,1H3;4H,2-3H2,1H3,(H2,6,7). The predicted molar refractivity (Wildman–Crippen MR) is 108 cm³/mol. The van der Waals surface area contributed by atoms with E-state index in [0.29, 0.717) is 35.9 Å². The van der Waals surface area contributed by atoms with Crippen molar-refractivity contribution in [2.24, 2.45) is 10.7 Å². The number of hydrogen-bond acceptors (Lipinski definition) is 5. The van der Waals surface area contributed by atoms with Crippen LogP contribution in [0.2, 0.25) is 0 Å². The average molecular weight is 384 g/mol. The summed E-state index contributed by atoms with van der Waals surface area (Å²) in [7, 11) is 0. The second-order valence-electron chi connectivity index (χ2n) is 6.65. The summed E-state index contributed by atoms with van der Waals surface area (Å²) in [6.45, 7) is 5.10. The number of nitrogens with zero attached hydrogens (tertiary/aromatic N) is 2. The zero-order valence-electron chi connectivity index (χ0n) is 15.7. The molecule has 1 atom stereocenters. The van der Waals surface area contributed by atoms with Crippen LogP contribution in [0.15, 0.2) is 53.7 Å². The second-order valence-corrected chi connectivity index (χ2v) is 6.65. The van der Waals surface area contributed by atoms with Crippen molar-refractivity contribution in [3.05, 3.63) is 65.9 Å². The van der Waals surface area contributed by atoms with Crippen molar-refractivity contribution in [2.45, 2.75) is 19.9 Å². The molecular weight excluding hydrogens is 362 g/mol. The Morgan fingerprint density at radius 1 is 1.11 bits per heavy atom. The number of rotatable bonds is 2. The van der Waals surface area contributed by atoms with Crippen LogP contribution in [0.1, 0.15) is 12.5 Å². The molecule has 2 aromatic carbocycles. The van der Waals surface area contributed by atoms with Crippen molar-refractivity contribution in [2.75, 3.05) is 18.5 Å². The monoisotopic (exact) mass is 384 g/mol. The van der Waals surface area contributed by atoms with E-state index in [9.17, 15) is 8.78 Å². The molecule has 0 fully saturated rings. The number of aromatic nitrogens is 1. The van der Waals surface area contributed by atoms with Crippen LogP contribution in [0, 0.1) is 18.6 Å². The number of anilines is 2. The third-order valence-corrected chi connectivity index (χ3v) is 4.00. The molecule has 0 saturated heterocycles. The van der Waals surface area contributed by atoms with Crippen molar-refractivity contribution in [3.63, 3.8) is 0 Å². The van der Waals surface area contributed by atoms with Crippen LogP contribution < -0.4 is 11.1 Å². The SMILES string of the molecule is CC1COCC(N)=N1.Cc1cnc2c(Nc3ccc(F)cc3)cc(F)cc2c1. The molecule has 146 valence electrons. The van der Waals surface area contributed by atoms with Crippen molar-refractivity contribution >= 4 is 28.1 Å². The molecule has 1 aliphatic rings. The molecular formula is C21H22F2N4O. The molecule has 1 aliphatic heterocycles. The molecule has 0 aliphatic carbocycles. The Hall–Kier alpha value is -3.06. The molecule has 3 aromatic rings. The molecule has 28 heavy (non-hydrogen) atoms. The third-order valence-electron chi connectivity index (χ3n) is 4.00. The normalized spacial score (nSPS) is 16.1. The average Bonchev–Trinajstić information content (AvgIpc) is 2.63. The highest BCUT2D eigenvalue weighted by Gasteiger charge is 2.07. The number of nitrogens with one attached hydrogen (secondary N) is 1. The number of nitrogens with two attached hydrogens (primary N) is 1. The highest BCUT2D eigenvalue weighted by Crippen LogP contribution is 2.27. The number of ether oxygens (including phenoxy) is 1.